The second kappa shape index (κ2) is 24.6. The van der Waals surface area contributed by atoms with Gasteiger partial charge in [-0.05, 0) is 69.2 Å². The zero-order chi connectivity index (χ0) is 45.6. The molecule has 3 amide bonds. The van der Waals surface area contributed by atoms with E-state index in [2.05, 4.69) is 19.2 Å². The van der Waals surface area contributed by atoms with Crippen LogP contribution in [0.15, 0.2) is 54.6 Å². The number of nitrogens with zero attached hydrogens (tertiary/aromatic N) is 3. The number of hydrogen-bond acceptors (Lipinski definition) is 8. The summed E-state index contributed by atoms with van der Waals surface area (Å²) in [7, 11) is 8.75. The number of Topliss-reactive ketones (excluding diaryl/α,β-unsaturated/α-hetero) is 2. The van der Waals surface area contributed by atoms with Gasteiger partial charge in [-0.1, -0.05) is 115 Å². The summed E-state index contributed by atoms with van der Waals surface area (Å²) in [5.41, 5.74) is 3.10. The number of ether oxygens (including phenoxy) is 2. The van der Waals surface area contributed by atoms with Gasteiger partial charge in [0.25, 0.3) is 0 Å². The Bertz CT molecular complexity index is 1690. The van der Waals surface area contributed by atoms with Crippen LogP contribution < -0.4 is 5.32 Å². The van der Waals surface area contributed by atoms with E-state index in [4.69, 9.17) is 9.47 Å². The Labute approximate surface area is 367 Å². The van der Waals surface area contributed by atoms with E-state index in [9.17, 15) is 24.0 Å². The topological polar surface area (TPSA) is 126 Å². The zero-order valence-corrected chi connectivity index (χ0v) is 39.6. The zero-order valence-electron chi connectivity index (χ0n) is 39.6. The monoisotopic (exact) mass is 847 g/mol. The number of aryl methyl sites for hydroxylation is 1. The maximum atomic E-state index is 14.4. The normalized spacial score (nSPS) is 18.3. The summed E-state index contributed by atoms with van der Waals surface area (Å²) in [6.45, 7) is 16.9. The first-order chi connectivity index (χ1) is 28.9. The van der Waals surface area contributed by atoms with Crippen LogP contribution in [0.5, 0.6) is 0 Å². The average molecular weight is 847 g/mol. The van der Waals surface area contributed by atoms with Gasteiger partial charge in [-0.2, -0.15) is 0 Å². The predicted molar refractivity (Wildman–Crippen MR) is 243 cm³/mol. The van der Waals surface area contributed by atoms with Crippen LogP contribution in [0.4, 0.5) is 0 Å². The number of rotatable bonds is 25. The van der Waals surface area contributed by atoms with Crippen LogP contribution in [0.2, 0.25) is 0 Å². The van der Waals surface area contributed by atoms with E-state index in [0.29, 0.717) is 25.9 Å². The van der Waals surface area contributed by atoms with Crippen molar-refractivity contribution < 1.29 is 33.4 Å². The number of carbonyl (C=O) groups is 5. The van der Waals surface area contributed by atoms with Crippen molar-refractivity contribution >= 4 is 29.3 Å². The minimum Gasteiger partial charge on any atom is -0.379 e. The summed E-state index contributed by atoms with van der Waals surface area (Å²) in [4.78, 5) is 75.8. The molecule has 11 heteroatoms. The van der Waals surface area contributed by atoms with Gasteiger partial charge in [0, 0.05) is 65.0 Å². The fraction of sp³-hybridized carbons (Fsp3) is 0.660. The fourth-order valence-corrected chi connectivity index (χ4v) is 9.43. The minimum atomic E-state index is -0.608. The molecule has 0 saturated carbocycles. The van der Waals surface area contributed by atoms with Crippen LogP contribution >= 0.6 is 0 Å². The Morgan fingerprint density at radius 3 is 1.98 bits per heavy atom. The molecule has 0 radical (unpaired) electrons. The van der Waals surface area contributed by atoms with Gasteiger partial charge in [-0.25, -0.2) is 0 Å². The highest BCUT2D eigenvalue weighted by Crippen LogP contribution is 2.32. The molecule has 340 valence electrons. The van der Waals surface area contributed by atoms with E-state index in [1.807, 2.05) is 120 Å². The van der Waals surface area contributed by atoms with Crippen molar-refractivity contribution in [2.45, 2.75) is 137 Å². The molecule has 0 aliphatic carbocycles. The predicted octanol–water partition coefficient (Wildman–Crippen LogP) is 7.17. The highest BCUT2D eigenvalue weighted by atomic mass is 16.5. The smallest absolute Gasteiger partial charge is 0.226 e. The maximum Gasteiger partial charge on any atom is 0.226 e. The second-order valence-electron chi connectivity index (χ2n) is 18.5. The molecule has 1 N–H and O–H groups in total. The van der Waals surface area contributed by atoms with E-state index < -0.39 is 36.0 Å². The van der Waals surface area contributed by atoms with Crippen molar-refractivity contribution in [3.8, 4) is 0 Å². The lowest BCUT2D eigenvalue weighted by atomic mass is 9.83. The SMILES string of the molecule is CC[C@H](C)[C@@H]([C@@H](CC(=O)N1CCC[C@H]1[C@H](OC)[C@@H](C)C(=O)C[C@H](Cc1ccccc1)C(=O)NCc1ccc(C)cc1)OC)N(C)C(=O)[C@@H](CC(=O)[C@H](C(C)C)N(C)C)C(C)C. The average Bonchev–Trinajstić information content (AvgIpc) is 3.71. The van der Waals surface area contributed by atoms with E-state index >= 15 is 0 Å². The Hall–Kier alpha value is -3.93. The van der Waals surface area contributed by atoms with Crippen LogP contribution in [0.3, 0.4) is 0 Å². The molecule has 1 heterocycles. The summed E-state index contributed by atoms with van der Waals surface area (Å²) in [6, 6.07) is 16.7. The van der Waals surface area contributed by atoms with E-state index in [1.54, 1.807) is 26.2 Å². The Kier molecular flexibility index (Phi) is 20.8. The first kappa shape index (κ1) is 51.4. The van der Waals surface area contributed by atoms with Crippen molar-refractivity contribution in [3.05, 3.63) is 71.3 Å². The quantitative estimate of drug-likeness (QED) is 0.112. The van der Waals surface area contributed by atoms with E-state index in [1.165, 1.54) is 0 Å². The molecule has 1 fully saturated rings. The van der Waals surface area contributed by atoms with Gasteiger partial charge in [0.1, 0.15) is 5.78 Å². The second-order valence-corrected chi connectivity index (χ2v) is 18.5. The minimum absolute atomic E-state index is 0.00272. The van der Waals surface area contributed by atoms with Gasteiger partial charge < -0.3 is 24.6 Å². The summed E-state index contributed by atoms with van der Waals surface area (Å²) in [5.74, 6) is -2.12. The molecule has 0 unspecified atom stereocenters. The number of methoxy groups -OCH3 is 2. The Balaban J connectivity index is 1.79. The highest BCUT2D eigenvalue weighted by Gasteiger charge is 2.43. The molecule has 2 aromatic carbocycles. The number of benzene rings is 2. The largest absolute Gasteiger partial charge is 0.379 e. The summed E-state index contributed by atoms with van der Waals surface area (Å²) in [5, 5.41) is 3.07. The molecule has 1 aliphatic heterocycles. The molecule has 0 aromatic heterocycles. The van der Waals surface area contributed by atoms with Gasteiger partial charge in [0.15, 0.2) is 5.78 Å². The van der Waals surface area contributed by atoms with Crippen LogP contribution in [-0.4, -0.2) is 116 Å². The van der Waals surface area contributed by atoms with Crippen molar-refractivity contribution in [3.63, 3.8) is 0 Å². The third-order valence-electron chi connectivity index (χ3n) is 13.1. The molecule has 0 bridgehead atoms. The number of amides is 3. The van der Waals surface area contributed by atoms with Crippen molar-refractivity contribution in [1.82, 2.24) is 20.0 Å². The number of hydrogen-bond donors (Lipinski definition) is 1. The number of likely N-dealkylation sites (N-methyl/N-ethyl adjacent to an activating group) is 2. The molecule has 11 nitrogen and oxygen atoms in total. The third-order valence-corrected chi connectivity index (χ3v) is 13.1. The standard InChI is InChI=1S/C50H78N4O7/c1-14-35(7)47(53(11)50(59)40(32(2)3)29-43(56)46(33(4)5)52(9)10)44(60-12)30-45(57)54-26-18-21-41(54)48(61-13)36(8)42(55)28-39(27-37-19-16-15-17-20-37)49(58)51-31-38-24-22-34(6)23-25-38/h15-17,19-20,22-25,32-33,35-36,39-41,44,46-48H,14,18,21,26-31H2,1-13H3,(H,51,58)/t35-,36-,39-,40-,41-,44+,46-,47-,48+/m0/s1. The molecular formula is C50H78N4O7. The number of ketones is 2. The number of nitrogens with one attached hydrogen (secondary N) is 1. The van der Waals surface area contributed by atoms with Crippen LogP contribution in [0.1, 0.15) is 104 Å². The Morgan fingerprint density at radius 1 is 0.803 bits per heavy atom. The van der Waals surface area contributed by atoms with E-state index in [0.717, 1.165) is 29.5 Å². The van der Waals surface area contributed by atoms with Crippen molar-refractivity contribution in [1.29, 1.82) is 0 Å². The molecule has 0 spiro atoms. The summed E-state index contributed by atoms with van der Waals surface area (Å²) in [6.07, 6.45) is 1.63. The lowest BCUT2D eigenvalue weighted by Gasteiger charge is -2.41. The van der Waals surface area contributed by atoms with Gasteiger partial charge in [0.2, 0.25) is 17.7 Å². The van der Waals surface area contributed by atoms with Gasteiger partial charge in [-0.15, -0.1) is 0 Å². The van der Waals surface area contributed by atoms with Gasteiger partial charge >= 0.3 is 0 Å². The lowest BCUT2D eigenvalue weighted by molar-refractivity contribution is -0.149. The van der Waals surface area contributed by atoms with Crippen molar-refractivity contribution in [2.75, 3.05) is 41.9 Å². The number of likely N-dealkylation sites (tertiary alicyclic amines) is 1. The fourth-order valence-electron chi connectivity index (χ4n) is 9.43. The lowest BCUT2D eigenvalue weighted by Crippen LogP contribution is -2.54. The van der Waals surface area contributed by atoms with Gasteiger partial charge in [-0.3, -0.25) is 28.9 Å². The molecule has 1 aliphatic rings. The van der Waals surface area contributed by atoms with Gasteiger partial charge in [0.05, 0.1) is 36.8 Å². The van der Waals surface area contributed by atoms with Crippen LogP contribution in [0.25, 0.3) is 0 Å². The first-order valence-electron chi connectivity index (χ1n) is 22.6. The van der Waals surface area contributed by atoms with E-state index in [-0.39, 0.29) is 78.4 Å². The summed E-state index contributed by atoms with van der Waals surface area (Å²) < 4.78 is 12.2. The molecule has 2 aromatic rings. The highest BCUT2D eigenvalue weighted by molar-refractivity contribution is 5.90. The van der Waals surface area contributed by atoms with Crippen molar-refractivity contribution in [2.24, 2.45) is 35.5 Å². The van der Waals surface area contributed by atoms with Crippen LogP contribution in [0, 0.1) is 42.4 Å². The Morgan fingerprint density at radius 2 is 1.44 bits per heavy atom. The molecule has 3 rings (SSSR count). The molecule has 61 heavy (non-hydrogen) atoms. The number of carbonyl (C=O) groups excluding carboxylic acids is 5. The van der Waals surface area contributed by atoms with Crippen LogP contribution in [-0.2, 0) is 46.4 Å². The first-order valence-corrected chi connectivity index (χ1v) is 22.6. The molecular weight excluding hydrogens is 769 g/mol. The molecule has 9 atom stereocenters. The molecule has 1 saturated heterocycles. The maximum absolute atomic E-state index is 14.4. The summed E-state index contributed by atoms with van der Waals surface area (Å²) >= 11 is 0. The third kappa shape index (κ3) is 14.3.